The third-order valence-corrected chi connectivity index (χ3v) is 3.11. The van der Waals surface area contributed by atoms with E-state index in [1.54, 1.807) is 6.33 Å². The minimum Gasteiger partial charge on any atom is -0.370 e. The minimum atomic E-state index is 0. The van der Waals surface area contributed by atoms with Crippen LogP contribution in [0.15, 0.2) is 11.3 Å². The Bertz CT molecular complexity index is 361. The number of thioether (sulfide) groups is 1. The fourth-order valence-corrected chi connectivity index (χ4v) is 2.07. The maximum atomic E-state index is 5.62. The van der Waals surface area contributed by atoms with Gasteiger partial charge in [-0.15, -0.1) is 37.2 Å². The Morgan fingerprint density at radius 3 is 2.70 bits per heavy atom. The first-order valence-corrected chi connectivity index (χ1v) is 6.70. The van der Waals surface area contributed by atoms with Crippen molar-refractivity contribution in [2.45, 2.75) is 12.7 Å². The number of halogens is 3. The third-order valence-electron chi connectivity index (χ3n) is 2.14. The maximum absolute atomic E-state index is 5.62. The van der Waals surface area contributed by atoms with Gasteiger partial charge in [0.15, 0.2) is 5.96 Å². The number of guanidine groups is 1. The van der Waals surface area contributed by atoms with Gasteiger partial charge in [0.25, 0.3) is 0 Å². The van der Waals surface area contributed by atoms with Crippen LogP contribution in [0.1, 0.15) is 11.4 Å². The van der Waals surface area contributed by atoms with Gasteiger partial charge in [0.05, 0.1) is 18.6 Å². The standard InChI is InChI=1S/C10H20N6S.3ClH/c1-8-9(16-7-15-8)6-17-5-4-14-10(12)13-3-2-11;;;/h7H,2-6,11H2,1H3,(H,15,16)(H3,12,13,14);3*1H. The minimum absolute atomic E-state index is 0. The second kappa shape index (κ2) is 15.1. The van der Waals surface area contributed by atoms with Crippen molar-refractivity contribution >= 4 is 54.9 Å². The van der Waals surface area contributed by atoms with E-state index in [1.165, 1.54) is 0 Å². The van der Waals surface area contributed by atoms with Gasteiger partial charge in [-0.3, -0.25) is 4.99 Å². The van der Waals surface area contributed by atoms with E-state index in [2.05, 4.69) is 20.3 Å². The Morgan fingerprint density at radius 1 is 1.45 bits per heavy atom. The summed E-state index contributed by atoms with van der Waals surface area (Å²) >= 11 is 1.81. The fraction of sp³-hybridized carbons (Fsp3) is 0.600. The molecule has 0 amide bonds. The largest absolute Gasteiger partial charge is 0.370 e. The SMILES string of the molecule is Cc1[nH]cnc1CSCCNC(N)=NCCN.Cl.Cl.Cl. The van der Waals surface area contributed by atoms with Crippen LogP contribution in [0.25, 0.3) is 0 Å². The van der Waals surface area contributed by atoms with Gasteiger partial charge in [0, 0.05) is 30.3 Å². The Balaban J connectivity index is -0.000000963. The topological polar surface area (TPSA) is 105 Å². The summed E-state index contributed by atoms with van der Waals surface area (Å²) in [4.78, 5) is 11.3. The zero-order valence-corrected chi connectivity index (χ0v) is 14.6. The van der Waals surface area contributed by atoms with Gasteiger partial charge < -0.3 is 21.8 Å². The lowest BCUT2D eigenvalue weighted by atomic mass is 10.4. The summed E-state index contributed by atoms with van der Waals surface area (Å²) in [5.74, 6) is 2.34. The second-order valence-corrected chi connectivity index (χ2v) is 4.61. The van der Waals surface area contributed by atoms with Crippen LogP contribution in [-0.2, 0) is 5.75 Å². The number of hydrogen-bond acceptors (Lipinski definition) is 4. The Morgan fingerprint density at radius 2 is 2.15 bits per heavy atom. The fourth-order valence-electron chi connectivity index (χ4n) is 1.19. The molecule has 0 aliphatic carbocycles. The molecule has 0 fully saturated rings. The van der Waals surface area contributed by atoms with Crippen molar-refractivity contribution in [1.29, 1.82) is 0 Å². The quantitative estimate of drug-likeness (QED) is 0.329. The first-order chi connectivity index (χ1) is 8.24. The predicted molar refractivity (Wildman–Crippen MR) is 94.8 cm³/mol. The summed E-state index contributed by atoms with van der Waals surface area (Å²) in [6.07, 6.45) is 1.72. The van der Waals surface area contributed by atoms with E-state index in [0.717, 1.165) is 29.4 Å². The molecule has 10 heteroatoms. The molecule has 0 aliphatic rings. The van der Waals surface area contributed by atoms with E-state index >= 15 is 0 Å². The highest BCUT2D eigenvalue weighted by Crippen LogP contribution is 2.11. The van der Waals surface area contributed by atoms with Crippen LogP contribution in [0.4, 0.5) is 0 Å². The first-order valence-electron chi connectivity index (χ1n) is 5.54. The Hall–Kier alpha value is -0.340. The molecule has 1 aromatic rings. The summed E-state index contributed by atoms with van der Waals surface area (Å²) < 4.78 is 0. The number of aliphatic imine (C=N–C) groups is 1. The van der Waals surface area contributed by atoms with E-state index < -0.39 is 0 Å². The molecule has 6 nitrogen and oxygen atoms in total. The maximum Gasteiger partial charge on any atom is 0.188 e. The van der Waals surface area contributed by atoms with Crippen LogP contribution in [0.5, 0.6) is 0 Å². The molecule has 1 rings (SSSR count). The van der Waals surface area contributed by atoms with Gasteiger partial charge >= 0.3 is 0 Å². The Kier molecular flexibility index (Phi) is 18.6. The number of aromatic amines is 1. The monoisotopic (exact) mass is 364 g/mol. The lowest BCUT2D eigenvalue weighted by molar-refractivity contribution is 0.914. The average molecular weight is 366 g/mol. The molecule has 0 aliphatic heterocycles. The number of aromatic nitrogens is 2. The zero-order valence-electron chi connectivity index (χ0n) is 11.3. The van der Waals surface area contributed by atoms with Crippen molar-refractivity contribution in [3.8, 4) is 0 Å². The number of nitrogens with two attached hydrogens (primary N) is 2. The molecule has 0 radical (unpaired) electrons. The van der Waals surface area contributed by atoms with Crippen molar-refractivity contribution in [2.24, 2.45) is 16.5 Å². The summed E-state index contributed by atoms with van der Waals surface area (Å²) in [5, 5.41) is 3.04. The molecule has 1 heterocycles. The molecule has 0 saturated heterocycles. The zero-order chi connectivity index (χ0) is 12.5. The lowest BCUT2D eigenvalue weighted by Gasteiger charge is -2.04. The van der Waals surface area contributed by atoms with Gasteiger partial charge in [-0.1, -0.05) is 0 Å². The molecule has 20 heavy (non-hydrogen) atoms. The molecule has 120 valence electrons. The van der Waals surface area contributed by atoms with E-state index in [1.807, 2.05) is 18.7 Å². The van der Waals surface area contributed by atoms with Crippen LogP contribution >= 0.6 is 49.0 Å². The van der Waals surface area contributed by atoms with E-state index in [-0.39, 0.29) is 37.2 Å². The Labute approximate surface area is 142 Å². The molecule has 0 unspecified atom stereocenters. The molecule has 0 aromatic carbocycles. The number of H-pyrrole nitrogens is 1. The normalized spacial score (nSPS) is 10.0. The van der Waals surface area contributed by atoms with Crippen molar-refractivity contribution in [3.63, 3.8) is 0 Å². The van der Waals surface area contributed by atoms with Crippen molar-refractivity contribution in [1.82, 2.24) is 15.3 Å². The first kappa shape index (κ1) is 24.7. The van der Waals surface area contributed by atoms with Crippen molar-refractivity contribution in [2.75, 3.05) is 25.4 Å². The highest BCUT2D eigenvalue weighted by molar-refractivity contribution is 7.98. The molecule has 0 spiro atoms. The smallest absolute Gasteiger partial charge is 0.188 e. The third kappa shape index (κ3) is 10.4. The highest BCUT2D eigenvalue weighted by Gasteiger charge is 2.00. The summed E-state index contributed by atoms with van der Waals surface area (Å²) in [7, 11) is 0. The molecule has 0 bridgehead atoms. The molecular weight excluding hydrogens is 343 g/mol. The van der Waals surface area contributed by atoms with E-state index in [9.17, 15) is 0 Å². The molecule has 0 saturated carbocycles. The number of aryl methyl sites for hydroxylation is 1. The van der Waals surface area contributed by atoms with Gasteiger partial charge in [-0.2, -0.15) is 11.8 Å². The van der Waals surface area contributed by atoms with Crippen LogP contribution in [0, 0.1) is 6.92 Å². The molecule has 0 atom stereocenters. The summed E-state index contributed by atoms with van der Waals surface area (Å²) in [6, 6.07) is 0. The number of hydrogen-bond donors (Lipinski definition) is 4. The number of rotatable bonds is 7. The number of nitrogens with zero attached hydrogens (tertiary/aromatic N) is 2. The van der Waals surface area contributed by atoms with Gasteiger partial charge in [-0.25, -0.2) is 4.98 Å². The van der Waals surface area contributed by atoms with Gasteiger partial charge in [0.1, 0.15) is 0 Å². The predicted octanol–water partition coefficient (Wildman–Crippen LogP) is 1.08. The van der Waals surface area contributed by atoms with Crippen molar-refractivity contribution < 1.29 is 0 Å². The molecule has 6 N–H and O–H groups in total. The van der Waals surface area contributed by atoms with Crippen LogP contribution in [0.2, 0.25) is 0 Å². The van der Waals surface area contributed by atoms with Crippen LogP contribution < -0.4 is 16.8 Å². The number of imidazole rings is 1. The molecular formula is C10H23Cl3N6S. The van der Waals surface area contributed by atoms with Crippen LogP contribution in [-0.4, -0.2) is 41.3 Å². The molecule has 1 aromatic heterocycles. The lowest BCUT2D eigenvalue weighted by Crippen LogP contribution is -2.33. The van der Waals surface area contributed by atoms with E-state index in [0.29, 0.717) is 19.0 Å². The summed E-state index contributed by atoms with van der Waals surface area (Å²) in [6.45, 7) is 3.92. The second-order valence-electron chi connectivity index (χ2n) is 3.51. The summed E-state index contributed by atoms with van der Waals surface area (Å²) in [5.41, 5.74) is 13.2. The van der Waals surface area contributed by atoms with Crippen LogP contribution in [0.3, 0.4) is 0 Å². The van der Waals surface area contributed by atoms with Crippen molar-refractivity contribution in [3.05, 3.63) is 17.7 Å². The highest BCUT2D eigenvalue weighted by atomic mass is 35.5. The van der Waals surface area contributed by atoms with Gasteiger partial charge in [0.2, 0.25) is 0 Å². The average Bonchev–Trinajstić information content (AvgIpc) is 2.72. The number of nitrogens with one attached hydrogen (secondary N) is 2. The van der Waals surface area contributed by atoms with E-state index in [4.69, 9.17) is 11.5 Å². The van der Waals surface area contributed by atoms with Gasteiger partial charge in [-0.05, 0) is 6.92 Å².